The summed E-state index contributed by atoms with van der Waals surface area (Å²) in [6.07, 6.45) is 1.20. The molecule has 1 N–H and O–H groups in total. The van der Waals surface area contributed by atoms with E-state index in [-0.39, 0.29) is 0 Å². The van der Waals surface area contributed by atoms with Crippen LogP contribution in [-0.4, -0.2) is 37.3 Å². The highest BCUT2D eigenvalue weighted by atomic mass is 32.2. The molecular weight excluding hydrogens is 270 g/mol. The molecule has 0 radical (unpaired) electrons. The second-order valence-corrected chi connectivity index (χ2v) is 5.96. The summed E-state index contributed by atoms with van der Waals surface area (Å²) in [5.74, 6) is 4.07. The molecule has 0 saturated carbocycles. The van der Waals surface area contributed by atoms with Crippen LogP contribution in [0.1, 0.15) is 27.2 Å². The number of thioether (sulfide) groups is 1. The van der Waals surface area contributed by atoms with E-state index < -0.39 is 0 Å². The second-order valence-electron chi connectivity index (χ2n) is 4.57. The van der Waals surface area contributed by atoms with Crippen LogP contribution in [0, 0.1) is 0 Å². The molecule has 0 amide bonds. The molecule has 3 nitrogen and oxygen atoms in total. The average molecular weight is 297 g/mol. The Hall–Kier alpha value is -0.870. The fraction of sp³-hybridized carbons (Fsp3) is 0.625. The Kier molecular flexibility index (Phi) is 9.33. The Morgan fingerprint density at radius 3 is 2.50 bits per heavy atom. The number of para-hydroxylation sites is 2. The first-order chi connectivity index (χ1) is 9.77. The lowest BCUT2D eigenvalue weighted by Crippen LogP contribution is -2.30. The Bertz CT molecular complexity index is 360. The number of nitrogens with one attached hydrogen (secondary N) is 1. The van der Waals surface area contributed by atoms with Gasteiger partial charge in [-0.15, -0.1) is 0 Å². The zero-order valence-electron chi connectivity index (χ0n) is 12.9. The largest absolute Gasteiger partial charge is 0.490 e. The van der Waals surface area contributed by atoms with E-state index in [0.29, 0.717) is 19.3 Å². The lowest BCUT2D eigenvalue weighted by molar-refractivity contribution is 0.272. The standard InChI is InChI=1S/C16H27NO2S/c1-4-18-15-8-6-7-9-16(15)19-12-11-17-14(3)10-13-20-5-2/h6-9,14,17H,4-5,10-13H2,1-3H3. The van der Waals surface area contributed by atoms with Gasteiger partial charge in [-0.05, 0) is 43.9 Å². The summed E-state index contributed by atoms with van der Waals surface area (Å²) in [7, 11) is 0. The highest BCUT2D eigenvalue weighted by molar-refractivity contribution is 7.99. The highest BCUT2D eigenvalue weighted by Crippen LogP contribution is 2.25. The third kappa shape index (κ3) is 7.06. The van der Waals surface area contributed by atoms with Crippen LogP contribution in [0.15, 0.2) is 24.3 Å². The van der Waals surface area contributed by atoms with Crippen LogP contribution < -0.4 is 14.8 Å². The van der Waals surface area contributed by atoms with Gasteiger partial charge in [-0.25, -0.2) is 0 Å². The summed E-state index contributed by atoms with van der Waals surface area (Å²) in [5, 5.41) is 3.48. The first kappa shape index (κ1) is 17.2. The molecule has 0 aliphatic rings. The molecule has 0 heterocycles. The fourth-order valence-corrected chi connectivity index (χ4v) is 2.63. The molecule has 0 saturated heterocycles. The van der Waals surface area contributed by atoms with Crippen molar-refractivity contribution in [2.75, 3.05) is 31.3 Å². The van der Waals surface area contributed by atoms with Gasteiger partial charge >= 0.3 is 0 Å². The van der Waals surface area contributed by atoms with Gasteiger partial charge < -0.3 is 14.8 Å². The van der Waals surface area contributed by atoms with Crippen LogP contribution in [0.3, 0.4) is 0 Å². The van der Waals surface area contributed by atoms with Crippen molar-refractivity contribution in [3.8, 4) is 11.5 Å². The van der Waals surface area contributed by atoms with Crippen LogP contribution in [-0.2, 0) is 0 Å². The Morgan fingerprint density at radius 2 is 1.85 bits per heavy atom. The maximum atomic E-state index is 5.77. The molecule has 4 heteroatoms. The second kappa shape index (κ2) is 10.9. The molecule has 1 aromatic rings. The minimum Gasteiger partial charge on any atom is -0.490 e. The topological polar surface area (TPSA) is 30.5 Å². The Balaban J connectivity index is 2.20. The lowest BCUT2D eigenvalue weighted by Gasteiger charge is -2.15. The molecule has 0 fully saturated rings. The number of ether oxygens (including phenoxy) is 2. The molecule has 1 aromatic carbocycles. The van der Waals surface area contributed by atoms with Crippen molar-refractivity contribution in [3.05, 3.63) is 24.3 Å². The number of benzene rings is 1. The Morgan fingerprint density at radius 1 is 1.15 bits per heavy atom. The minimum absolute atomic E-state index is 0.541. The van der Waals surface area contributed by atoms with Crippen LogP contribution in [0.4, 0.5) is 0 Å². The lowest BCUT2D eigenvalue weighted by atomic mass is 10.2. The summed E-state index contributed by atoms with van der Waals surface area (Å²) in [4.78, 5) is 0. The fourth-order valence-electron chi connectivity index (χ4n) is 1.82. The maximum absolute atomic E-state index is 5.77. The summed E-state index contributed by atoms with van der Waals surface area (Å²) in [6, 6.07) is 8.36. The maximum Gasteiger partial charge on any atom is 0.161 e. The summed E-state index contributed by atoms with van der Waals surface area (Å²) >= 11 is 1.99. The third-order valence-electron chi connectivity index (χ3n) is 2.90. The van der Waals surface area contributed by atoms with Gasteiger partial charge in [0, 0.05) is 12.6 Å². The van der Waals surface area contributed by atoms with Gasteiger partial charge in [0.15, 0.2) is 11.5 Å². The highest BCUT2D eigenvalue weighted by Gasteiger charge is 2.04. The average Bonchev–Trinajstić information content (AvgIpc) is 2.46. The molecule has 0 spiro atoms. The summed E-state index contributed by atoms with van der Waals surface area (Å²) in [6.45, 7) is 8.59. The SMILES string of the molecule is CCOc1ccccc1OCCNC(C)CCSCC. The molecule has 0 aromatic heterocycles. The van der Waals surface area contributed by atoms with Crippen molar-refractivity contribution in [1.82, 2.24) is 5.32 Å². The van der Waals surface area contributed by atoms with E-state index in [2.05, 4.69) is 19.2 Å². The van der Waals surface area contributed by atoms with Gasteiger partial charge in [0.05, 0.1) is 6.61 Å². The van der Waals surface area contributed by atoms with E-state index in [1.807, 2.05) is 43.0 Å². The molecule has 0 aliphatic heterocycles. The number of hydrogen-bond acceptors (Lipinski definition) is 4. The molecule has 1 atom stereocenters. The van der Waals surface area contributed by atoms with Gasteiger partial charge in [-0.3, -0.25) is 0 Å². The van der Waals surface area contributed by atoms with E-state index in [9.17, 15) is 0 Å². The van der Waals surface area contributed by atoms with Crippen molar-refractivity contribution >= 4 is 11.8 Å². The van der Waals surface area contributed by atoms with Gasteiger partial charge in [0.25, 0.3) is 0 Å². The first-order valence-corrected chi connectivity index (χ1v) is 8.59. The molecule has 20 heavy (non-hydrogen) atoms. The molecule has 0 aliphatic carbocycles. The van der Waals surface area contributed by atoms with Crippen molar-refractivity contribution in [2.24, 2.45) is 0 Å². The molecule has 1 rings (SSSR count). The summed E-state index contributed by atoms with van der Waals surface area (Å²) in [5.41, 5.74) is 0. The minimum atomic E-state index is 0.541. The van der Waals surface area contributed by atoms with Crippen molar-refractivity contribution in [2.45, 2.75) is 33.2 Å². The predicted molar refractivity (Wildman–Crippen MR) is 88.2 cm³/mol. The van der Waals surface area contributed by atoms with Crippen LogP contribution in [0.2, 0.25) is 0 Å². The van der Waals surface area contributed by atoms with Crippen molar-refractivity contribution in [3.63, 3.8) is 0 Å². The summed E-state index contributed by atoms with van der Waals surface area (Å²) < 4.78 is 11.3. The first-order valence-electron chi connectivity index (χ1n) is 7.43. The van der Waals surface area contributed by atoms with Crippen molar-refractivity contribution in [1.29, 1.82) is 0 Å². The monoisotopic (exact) mass is 297 g/mol. The van der Waals surface area contributed by atoms with Crippen LogP contribution in [0.25, 0.3) is 0 Å². The van der Waals surface area contributed by atoms with Crippen molar-refractivity contribution < 1.29 is 9.47 Å². The van der Waals surface area contributed by atoms with E-state index in [4.69, 9.17) is 9.47 Å². The van der Waals surface area contributed by atoms with E-state index >= 15 is 0 Å². The Labute approximate surface area is 127 Å². The van der Waals surface area contributed by atoms with Gasteiger partial charge in [0.1, 0.15) is 6.61 Å². The van der Waals surface area contributed by atoms with E-state index in [0.717, 1.165) is 18.0 Å². The molecule has 0 bridgehead atoms. The quantitative estimate of drug-likeness (QED) is 0.632. The molecule has 114 valence electrons. The molecule has 1 unspecified atom stereocenters. The van der Waals surface area contributed by atoms with E-state index in [1.165, 1.54) is 17.9 Å². The van der Waals surface area contributed by atoms with Crippen LogP contribution in [0.5, 0.6) is 11.5 Å². The number of rotatable bonds is 11. The van der Waals surface area contributed by atoms with Gasteiger partial charge in [-0.1, -0.05) is 19.1 Å². The zero-order valence-corrected chi connectivity index (χ0v) is 13.7. The normalized spacial score (nSPS) is 12.2. The van der Waals surface area contributed by atoms with Crippen LogP contribution >= 0.6 is 11.8 Å². The number of hydrogen-bond donors (Lipinski definition) is 1. The van der Waals surface area contributed by atoms with Gasteiger partial charge in [0.2, 0.25) is 0 Å². The molecular formula is C16H27NO2S. The predicted octanol–water partition coefficient (Wildman–Crippen LogP) is 3.59. The van der Waals surface area contributed by atoms with Gasteiger partial charge in [-0.2, -0.15) is 11.8 Å². The zero-order chi connectivity index (χ0) is 14.6. The van der Waals surface area contributed by atoms with E-state index in [1.54, 1.807) is 0 Å². The smallest absolute Gasteiger partial charge is 0.161 e. The third-order valence-corrected chi connectivity index (χ3v) is 3.83.